The Morgan fingerprint density at radius 2 is 1.86 bits per heavy atom. The molecule has 4 rings (SSSR count). The second kappa shape index (κ2) is 12.2. The smallest absolute Gasteiger partial charge is 0.233 e. The van der Waals surface area contributed by atoms with E-state index in [-0.39, 0.29) is 24.4 Å². The van der Waals surface area contributed by atoms with Crippen molar-refractivity contribution in [2.45, 2.75) is 38.3 Å². The zero-order valence-corrected chi connectivity index (χ0v) is 22.0. The standard InChI is InChI=1S/C27H29ClN4O4S/c1-16(31-25(33)15-26(34)32-19-5-2-17(3-6-19)27(29)30)18-4-7-22(36-20-10-12-35-13-11-20)21(14-18)23-8-9-24(28)37-23/h2-9,14,16,20H,10-13,15H2,1H3,(H3,29,30)(H,31,33)(H,32,34)/t16-/m0/s1. The molecule has 0 bridgehead atoms. The molecule has 1 aromatic heterocycles. The van der Waals surface area contributed by atoms with Gasteiger partial charge in [0.25, 0.3) is 0 Å². The van der Waals surface area contributed by atoms with Crippen molar-refractivity contribution in [3.63, 3.8) is 0 Å². The summed E-state index contributed by atoms with van der Waals surface area (Å²) in [6.07, 6.45) is 1.43. The molecule has 1 aliphatic heterocycles. The Balaban J connectivity index is 1.41. The molecule has 1 saturated heterocycles. The molecule has 2 aromatic carbocycles. The van der Waals surface area contributed by atoms with Crippen LogP contribution in [0.25, 0.3) is 10.4 Å². The van der Waals surface area contributed by atoms with Crippen LogP contribution in [0.4, 0.5) is 5.69 Å². The van der Waals surface area contributed by atoms with Gasteiger partial charge in [0, 0.05) is 34.5 Å². The number of hydrogen-bond acceptors (Lipinski definition) is 6. The molecule has 1 aliphatic rings. The Morgan fingerprint density at radius 3 is 2.51 bits per heavy atom. The first kappa shape index (κ1) is 26.7. The Hall–Kier alpha value is -3.40. The number of anilines is 1. The molecule has 194 valence electrons. The second-order valence-corrected chi connectivity index (χ2v) is 10.5. The number of nitrogen functional groups attached to an aromatic ring is 1. The summed E-state index contributed by atoms with van der Waals surface area (Å²) in [5, 5.41) is 13.0. The van der Waals surface area contributed by atoms with Gasteiger partial charge in [0.2, 0.25) is 11.8 Å². The van der Waals surface area contributed by atoms with Crippen LogP contribution in [0.15, 0.2) is 54.6 Å². The summed E-state index contributed by atoms with van der Waals surface area (Å²) in [7, 11) is 0. The van der Waals surface area contributed by atoms with E-state index in [4.69, 9.17) is 32.2 Å². The molecule has 3 aromatic rings. The molecule has 2 amide bonds. The summed E-state index contributed by atoms with van der Waals surface area (Å²) in [6, 6.07) is 15.9. The van der Waals surface area contributed by atoms with Crippen LogP contribution in [0, 0.1) is 5.41 Å². The van der Waals surface area contributed by atoms with Gasteiger partial charge in [-0.2, -0.15) is 0 Å². The SMILES string of the molecule is C[C@H](NC(=O)CC(=O)Nc1ccc(C(=N)N)cc1)c1ccc(OC2CCOCC2)c(-c2ccc(Cl)s2)c1. The minimum absolute atomic E-state index is 0.0558. The number of ether oxygens (including phenoxy) is 2. The Bertz CT molecular complexity index is 1270. The molecule has 10 heteroatoms. The highest BCUT2D eigenvalue weighted by Crippen LogP contribution is 2.39. The van der Waals surface area contributed by atoms with E-state index >= 15 is 0 Å². The van der Waals surface area contributed by atoms with Gasteiger partial charge in [-0.05, 0) is 61.0 Å². The van der Waals surface area contributed by atoms with Crippen molar-refractivity contribution in [1.82, 2.24) is 5.32 Å². The predicted molar refractivity (Wildman–Crippen MR) is 146 cm³/mol. The molecule has 0 saturated carbocycles. The van der Waals surface area contributed by atoms with E-state index in [0.29, 0.717) is 28.8 Å². The van der Waals surface area contributed by atoms with Crippen molar-refractivity contribution in [2.75, 3.05) is 18.5 Å². The average Bonchev–Trinajstić information content (AvgIpc) is 3.31. The van der Waals surface area contributed by atoms with E-state index in [9.17, 15) is 9.59 Å². The summed E-state index contributed by atoms with van der Waals surface area (Å²) in [4.78, 5) is 25.9. The number of benzene rings is 2. The topological polar surface area (TPSA) is 127 Å². The van der Waals surface area contributed by atoms with E-state index in [1.165, 1.54) is 11.3 Å². The van der Waals surface area contributed by atoms with Gasteiger partial charge in [-0.15, -0.1) is 11.3 Å². The summed E-state index contributed by atoms with van der Waals surface area (Å²) >= 11 is 7.67. The maximum atomic E-state index is 12.6. The van der Waals surface area contributed by atoms with Gasteiger partial charge in [0.05, 0.1) is 23.6 Å². The summed E-state index contributed by atoms with van der Waals surface area (Å²) in [5.41, 5.74) is 8.31. The van der Waals surface area contributed by atoms with E-state index in [1.54, 1.807) is 24.3 Å². The number of carbonyl (C=O) groups is 2. The van der Waals surface area contributed by atoms with Crippen molar-refractivity contribution in [3.8, 4) is 16.2 Å². The van der Waals surface area contributed by atoms with Crippen molar-refractivity contribution in [3.05, 3.63) is 70.1 Å². The average molecular weight is 541 g/mol. The van der Waals surface area contributed by atoms with Crippen molar-refractivity contribution >= 4 is 46.3 Å². The molecular weight excluding hydrogens is 512 g/mol. The summed E-state index contributed by atoms with van der Waals surface area (Å²) in [6.45, 7) is 3.24. The van der Waals surface area contributed by atoms with Crippen LogP contribution in [-0.2, 0) is 14.3 Å². The van der Waals surface area contributed by atoms with Gasteiger partial charge < -0.3 is 25.8 Å². The van der Waals surface area contributed by atoms with Gasteiger partial charge in [-0.25, -0.2) is 0 Å². The van der Waals surface area contributed by atoms with E-state index in [2.05, 4.69) is 10.6 Å². The fourth-order valence-corrected chi connectivity index (χ4v) is 5.07. The number of amides is 2. The maximum Gasteiger partial charge on any atom is 0.233 e. The number of halogens is 1. The number of nitrogens with two attached hydrogens (primary N) is 1. The highest BCUT2D eigenvalue weighted by molar-refractivity contribution is 7.19. The number of amidine groups is 1. The summed E-state index contributed by atoms with van der Waals surface area (Å²) < 4.78 is 12.4. The van der Waals surface area contributed by atoms with Crippen molar-refractivity contribution < 1.29 is 19.1 Å². The molecule has 0 spiro atoms. The molecule has 1 fully saturated rings. The number of rotatable bonds is 9. The van der Waals surface area contributed by atoms with Crippen molar-refractivity contribution in [1.29, 1.82) is 5.41 Å². The highest BCUT2D eigenvalue weighted by Gasteiger charge is 2.20. The van der Waals surface area contributed by atoms with Crippen LogP contribution in [0.2, 0.25) is 4.34 Å². The van der Waals surface area contributed by atoms with E-state index in [1.807, 2.05) is 37.3 Å². The largest absolute Gasteiger partial charge is 0.490 e. The molecule has 2 heterocycles. The maximum absolute atomic E-state index is 12.6. The molecule has 0 radical (unpaired) electrons. The van der Waals surface area contributed by atoms with Gasteiger partial charge in [-0.1, -0.05) is 17.7 Å². The lowest BCUT2D eigenvalue weighted by molar-refractivity contribution is -0.127. The second-order valence-electron chi connectivity index (χ2n) is 8.79. The first-order valence-corrected chi connectivity index (χ1v) is 13.2. The quantitative estimate of drug-likeness (QED) is 0.170. The third-order valence-electron chi connectivity index (χ3n) is 5.98. The number of carbonyl (C=O) groups excluding carboxylic acids is 2. The molecule has 0 aliphatic carbocycles. The van der Waals surface area contributed by atoms with Crippen LogP contribution < -0.4 is 21.1 Å². The van der Waals surface area contributed by atoms with Gasteiger partial charge in [0.15, 0.2) is 0 Å². The third kappa shape index (κ3) is 7.31. The molecule has 5 N–H and O–H groups in total. The zero-order chi connectivity index (χ0) is 26.4. The Labute approximate surface area is 224 Å². The Morgan fingerprint density at radius 1 is 1.14 bits per heavy atom. The number of hydrogen-bond donors (Lipinski definition) is 4. The molecular formula is C27H29ClN4O4S. The van der Waals surface area contributed by atoms with Gasteiger partial charge in [-0.3, -0.25) is 15.0 Å². The third-order valence-corrected chi connectivity index (χ3v) is 7.25. The monoisotopic (exact) mass is 540 g/mol. The lowest BCUT2D eigenvalue weighted by Gasteiger charge is -2.25. The fourth-order valence-electron chi connectivity index (χ4n) is 4.00. The predicted octanol–water partition coefficient (Wildman–Crippen LogP) is 5.12. The summed E-state index contributed by atoms with van der Waals surface area (Å²) in [5.74, 6) is -0.120. The molecule has 37 heavy (non-hydrogen) atoms. The van der Waals surface area contributed by atoms with Gasteiger partial charge in [0.1, 0.15) is 24.1 Å². The Kier molecular flexibility index (Phi) is 8.81. The van der Waals surface area contributed by atoms with E-state index < -0.39 is 11.8 Å². The molecule has 0 unspecified atom stereocenters. The highest BCUT2D eigenvalue weighted by atomic mass is 35.5. The zero-order valence-electron chi connectivity index (χ0n) is 20.4. The molecule has 1 atom stereocenters. The normalized spacial score (nSPS) is 14.5. The molecule has 8 nitrogen and oxygen atoms in total. The van der Waals surface area contributed by atoms with Gasteiger partial charge >= 0.3 is 0 Å². The lowest BCUT2D eigenvalue weighted by atomic mass is 10.0. The van der Waals surface area contributed by atoms with Crippen LogP contribution in [-0.4, -0.2) is 37.0 Å². The minimum Gasteiger partial charge on any atom is -0.490 e. The van der Waals surface area contributed by atoms with Crippen LogP contribution in [0.1, 0.15) is 43.4 Å². The minimum atomic E-state index is -0.436. The first-order chi connectivity index (χ1) is 17.8. The number of nitrogens with one attached hydrogen (secondary N) is 3. The van der Waals surface area contributed by atoms with Crippen LogP contribution in [0.5, 0.6) is 5.75 Å². The fraction of sp³-hybridized carbons (Fsp3) is 0.296. The van der Waals surface area contributed by atoms with Crippen molar-refractivity contribution in [2.24, 2.45) is 5.73 Å². The van der Waals surface area contributed by atoms with Crippen LogP contribution >= 0.6 is 22.9 Å². The lowest BCUT2D eigenvalue weighted by Crippen LogP contribution is -2.30. The van der Waals surface area contributed by atoms with Crippen LogP contribution in [0.3, 0.4) is 0 Å². The number of thiophene rings is 1. The van der Waals surface area contributed by atoms with E-state index in [0.717, 1.165) is 34.6 Å². The first-order valence-electron chi connectivity index (χ1n) is 12.0.